The monoisotopic (exact) mass is 589 g/mol. The molecule has 1 aliphatic heterocycles. The van der Waals surface area contributed by atoms with Crippen molar-refractivity contribution in [1.82, 2.24) is 15.2 Å². The average molecular weight is 590 g/mol. The first kappa shape index (κ1) is 35.5. The van der Waals surface area contributed by atoms with Crippen LogP contribution in [0.4, 0.5) is 9.59 Å². The third-order valence-corrected chi connectivity index (χ3v) is 8.26. The van der Waals surface area contributed by atoms with E-state index >= 15 is 0 Å². The number of hydrogen-bond acceptors (Lipinski definition) is 7. The summed E-state index contributed by atoms with van der Waals surface area (Å²) in [5.41, 5.74) is -0.384. The number of imide groups is 1. The van der Waals surface area contributed by atoms with E-state index in [1.807, 2.05) is 6.92 Å². The van der Waals surface area contributed by atoms with E-state index in [1.165, 1.54) is 58.3 Å². The highest BCUT2D eigenvalue weighted by Gasteiger charge is 2.50. The van der Waals surface area contributed by atoms with Crippen LogP contribution >= 0.6 is 0 Å². The maximum absolute atomic E-state index is 13.2. The summed E-state index contributed by atoms with van der Waals surface area (Å²) in [5.74, 6) is -0.0114. The number of carbonyl (C=O) groups excluding carboxylic acids is 3. The van der Waals surface area contributed by atoms with Crippen molar-refractivity contribution in [2.45, 2.75) is 123 Å². The summed E-state index contributed by atoms with van der Waals surface area (Å²) in [5, 5.41) is 2.67. The molecule has 9 heteroatoms. The minimum atomic E-state index is -0.965. The lowest BCUT2D eigenvalue weighted by atomic mass is 9.74. The van der Waals surface area contributed by atoms with E-state index in [1.54, 1.807) is 24.4 Å². The van der Waals surface area contributed by atoms with Gasteiger partial charge < -0.3 is 19.5 Å². The normalized spacial score (nSPS) is 18.8. The summed E-state index contributed by atoms with van der Waals surface area (Å²) < 4.78 is 17.7. The fourth-order valence-corrected chi connectivity index (χ4v) is 6.00. The molecule has 1 unspecified atom stereocenters. The Morgan fingerprint density at radius 3 is 2.29 bits per heavy atom. The molecule has 1 aliphatic rings. The highest BCUT2D eigenvalue weighted by Crippen LogP contribution is 2.42. The number of carbonyl (C=O) groups is 3. The van der Waals surface area contributed by atoms with Gasteiger partial charge in [0.05, 0.1) is 12.2 Å². The molecule has 3 atom stereocenters. The van der Waals surface area contributed by atoms with Gasteiger partial charge in [-0.3, -0.25) is 9.78 Å². The first-order chi connectivity index (χ1) is 20.4. The molecule has 0 aliphatic carbocycles. The van der Waals surface area contributed by atoms with Crippen LogP contribution in [0.3, 0.4) is 0 Å². The Balaban J connectivity index is 2.08. The van der Waals surface area contributed by atoms with Crippen molar-refractivity contribution in [2.75, 3.05) is 26.4 Å². The van der Waals surface area contributed by atoms with E-state index in [4.69, 9.17) is 14.2 Å². The van der Waals surface area contributed by atoms with Gasteiger partial charge in [0.1, 0.15) is 18.8 Å². The van der Waals surface area contributed by atoms with Gasteiger partial charge in [-0.1, -0.05) is 97.0 Å². The van der Waals surface area contributed by atoms with Gasteiger partial charge in [-0.05, 0) is 37.3 Å². The van der Waals surface area contributed by atoms with Gasteiger partial charge in [0, 0.05) is 26.3 Å². The predicted molar refractivity (Wildman–Crippen MR) is 164 cm³/mol. The molecule has 1 fully saturated rings. The summed E-state index contributed by atoms with van der Waals surface area (Å²) in [6.45, 7) is 8.44. The molecule has 3 amide bonds. The first-order valence-corrected chi connectivity index (χ1v) is 16.3. The molecule has 2 rings (SSSR count). The third kappa shape index (κ3) is 12.3. The van der Waals surface area contributed by atoms with Crippen LogP contribution in [-0.2, 0) is 25.5 Å². The molecule has 1 saturated heterocycles. The predicted octanol–water partition coefficient (Wildman–Crippen LogP) is 7.43. The Hall–Kier alpha value is -2.68. The van der Waals surface area contributed by atoms with E-state index < -0.39 is 23.7 Å². The quantitative estimate of drug-likeness (QED) is 0.158. The van der Waals surface area contributed by atoms with E-state index in [0.29, 0.717) is 24.8 Å². The molecule has 1 aromatic heterocycles. The van der Waals surface area contributed by atoms with Crippen LogP contribution in [0.25, 0.3) is 0 Å². The van der Waals surface area contributed by atoms with E-state index in [2.05, 4.69) is 24.1 Å². The molecular formula is C33H55N3O6. The Kier molecular flexibility index (Phi) is 17.1. The summed E-state index contributed by atoms with van der Waals surface area (Å²) in [6, 6.07) is 5.33. The molecule has 42 heavy (non-hydrogen) atoms. The average Bonchev–Trinajstić information content (AvgIpc) is 3.40. The van der Waals surface area contributed by atoms with Crippen molar-refractivity contribution in [3.05, 3.63) is 30.1 Å². The second-order valence-corrected chi connectivity index (χ2v) is 11.6. The topological polar surface area (TPSA) is 107 Å². The molecule has 0 aromatic carbocycles. The summed E-state index contributed by atoms with van der Waals surface area (Å²) in [6.07, 6.45) is 15.8. The van der Waals surface area contributed by atoms with Crippen molar-refractivity contribution >= 4 is 18.1 Å². The molecular weight excluding hydrogens is 534 g/mol. The van der Waals surface area contributed by atoms with E-state index in [9.17, 15) is 14.4 Å². The molecule has 238 valence electrons. The van der Waals surface area contributed by atoms with Crippen LogP contribution in [0, 0.1) is 11.8 Å². The molecule has 0 bridgehead atoms. The van der Waals surface area contributed by atoms with Gasteiger partial charge in [-0.25, -0.2) is 14.5 Å². The van der Waals surface area contributed by atoms with Gasteiger partial charge >= 0.3 is 12.2 Å². The van der Waals surface area contributed by atoms with Crippen LogP contribution < -0.4 is 5.32 Å². The van der Waals surface area contributed by atoms with Gasteiger partial charge in [0.25, 0.3) is 0 Å². The second kappa shape index (κ2) is 20.3. The van der Waals surface area contributed by atoms with Gasteiger partial charge in [-0.15, -0.1) is 0 Å². The second-order valence-electron chi connectivity index (χ2n) is 11.6. The Morgan fingerprint density at radius 1 is 0.976 bits per heavy atom. The van der Waals surface area contributed by atoms with Crippen molar-refractivity contribution in [3.63, 3.8) is 0 Å². The van der Waals surface area contributed by atoms with Crippen LogP contribution in [0.2, 0.25) is 0 Å². The third-order valence-electron chi connectivity index (χ3n) is 8.26. The fourth-order valence-electron chi connectivity index (χ4n) is 6.00. The number of alkyl carbamates (subject to hydrolysis) is 1. The molecule has 0 radical (unpaired) electrons. The molecule has 0 saturated carbocycles. The lowest BCUT2D eigenvalue weighted by Gasteiger charge is -2.38. The zero-order valence-corrected chi connectivity index (χ0v) is 26.5. The van der Waals surface area contributed by atoms with Crippen molar-refractivity contribution in [1.29, 1.82) is 0 Å². The number of pyridine rings is 1. The fraction of sp³-hybridized carbons (Fsp3) is 0.758. The Labute approximate surface area is 253 Å². The molecule has 9 nitrogen and oxygen atoms in total. The lowest BCUT2D eigenvalue weighted by Crippen LogP contribution is -2.50. The number of nitrogens with one attached hydrogen (secondary N) is 1. The number of hydrogen-bond donors (Lipinski definition) is 1. The molecule has 0 spiro atoms. The molecule has 1 N–H and O–H groups in total. The van der Waals surface area contributed by atoms with Crippen molar-refractivity contribution in [2.24, 2.45) is 11.8 Å². The first-order valence-electron chi connectivity index (χ1n) is 16.3. The van der Waals surface area contributed by atoms with E-state index in [0.717, 1.165) is 37.0 Å². The van der Waals surface area contributed by atoms with Gasteiger partial charge in [-0.2, -0.15) is 0 Å². The number of aromatic nitrogens is 1. The maximum atomic E-state index is 13.2. The Bertz CT molecular complexity index is 914. The highest BCUT2D eigenvalue weighted by molar-refractivity contribution is 5.90. The van der Waals surface area contributed by atoms with Crippen LogP contribution in [0.1, 0.15) is 117 Å². The standard InChI is InChI=1S/C33H55N3O6/c1-5-8-9-10-11-12-13-14-15-19-28(18-6-2)30-21-23-42-33(30,25-40-31(38)34-7-3)26-41-32(39)36(27(4)37)24-29-20-16-17-22-35-29/h16-17,20,22,28,30H,5-15,18-19,21,23-26H2,1-4H3,(H,34,38)/t28?,30-,33-/m1/s1. The SMILES string of the molecule is CCCCCCCCCCCC(CCC)[C@H]1CCO[C@]1(COC(=O)NCC)COC(=O)N(Cc1ccccn1)C(C)=O. The Morgan fingerprint density at radius 2 is 1.67 bits per heavy atom. The summed E-state index contributed by atoms with van der Waals surface area (Å²) in [4.78, 5) is 43.1. The number of unbranched alkanes of at least 4 members (excludes halogenated alkanes) is 8. The van der Waals surface area contributed by atoms with E-state index in [-0.39, 0.29) is 25.7 Å². The van der Waals surface area contributed by atoms with Gasteiger partial charge in [0.2, 0.25) is 5.91 Å². The highest BCUT2D eigenvalue weighted by atomic mass is 16.6. The maximum Gasteiger partial charge on any atom is 0.416 e. The van der Waals surface area contributed by atoms with Crippen LogP contribution in [0.5, 0.6) is 0 Å². The number of nitrogens with zero attached hydrogens (tertiary/aromatic N) is 2. The number of ether oxygens (including phenoxy) is 3. The number of amides is 3. The smallest absolute Gasteiger partial charge is 0.416 e. The van der Waals surface area contributed by atoms with Crippen molar-refractivity contribution < 1.29 is 28.6 Å². The molecule has 2 heterocycles. The minimum absolute atomic E-state index is 0.0127. The summed E-state index contributed by atoms with van der Waals surface area (Å²) >= 11 is 0. The molecule has 1 aromatic rings. The summed E-state index contributed by atoms with van der Waals surface area (Å²) in [7, 11) is 0. The van der Waals surface area contributed by atoms with Crippen LogP contribution in [0.15, 0.2) is 24.4 Å². The van der Waals surface area contributed by atoms with Crippen LogP contribution in [-0.4, -0.2) is 59.9 Å². The minimum Gasteiger partial charge on any atom is -0.446 e. The van der Waals surface area contributed by atoms with Gasteiger partial charge in [0.15, 0.2) is 0 Å². The zero-order valence-electron chi connectivity index (χ0n) is 26.5. The van der Waals surface area contributed by atoms with Crippen molar-refractivity contribution in [3.8, 4) is 0 Å². The largest absolute Gasteiger partial charge is 0.446 e. The lowest BCUT2D eigenvalue weighted by molar-refractivity contribution is -0.131. The zero-order chi connectivity index (χ0) is 30.6. The number of rotatable bonds is 20.